The van der Waals surface area contributed by atoms with Crippen LogP contribution in [0.4, 0.5) is 4.39 Å². The lowest BCUT2D eigenvalue weighted by atomic mass is 9.83. The average Bonchev–Trinajstić information content (AvgIpc) is 2.99. The largest absolute Gasteiger partial charge is 0.338 e. The first kappa shape index (κ1) is 17.5. The highest BCUT2D eigenvalue weighted by atomic mass is 19.1. The Morgan fingerprint density at radius 1 is 1.12 bits per heavy atom. The van der Waals surface area contributed by atoms with E-state index in [1.807, 2.05) is 13.1 Å². The molecule has 1 unspecified atom stereocenters. The van der Waals surface area contributed by atoms with Gasteiger partial charge in [-0.2, -0.15) is 5.10 Å². The summed E-state index contributed by atoms with van der Waals surface area (Å²) < 4.78 is 16.9. The first-order chi connectivity index (χ1) is 12.4. The molecule has 1 aromatic heterocycles. The second-order valence-electron chi connectivity index (χ2n) is 8.21. The van der Waals surface area contributed by atoms with Crippen LogP contribution >= 0.6 is 0 Å². The zero-order chi connectivity index (χ0) is 18.4. The van der Waals surface area contributed by atoms with Gasteiger partial charge in [-0.05, 0) is 25.3 Å². The van der Waals surface area contributed by atoms with Gasteiger partial charge in [0.05, 0.1) is 6.20 Å². The number of carbonyl (C=O) groups excluding carboxylic acids is 2. The molecular formula is C19H27FN4O2. The number of hydrogen-bond acceptors (Lipinski definition) is 3. The second-order valence-corrected chi connectivity index (χ2v) is 8.21. The molecule has 3 aliphatic rings. The third-order valence-corrected chi connectivity index (χ3v) is 6.43. The molecule has 1 atom stereocenters. The first-order valence-corrected chi connectivity index (χ1v) is 9.69. The van der Waals surface area contributed by atoms with E-state index >= 15 is 4.39 Å². The molecule has 142 valence electrons. The number of halogens is 1. The fourth-order valence-corrected chi connectivity index (χ4v) is 4.73. The lowest BCUT2D eigenvalue weighted by molar-refractivity contribution is -0.145. The molecule has 2 aliphatic carbocycles. The van der Waals surface area contributed by atoms with Crippen LogP contribution in [0.3, 0.4) is 0 Å². The Kier molecular flexibility index (Phi) is 4.28. The standard InChI is InChI=1S/C19H27FN4O2/c1-15-11-21-24(12-15)13-16(25)22-7-9-23(10-8-22)17(26)19(20)14-18(19)5-3-2-4-6-18/h11-12H,2-10,13-14H2,1H3. The zero-order valence-corrected chi connectivity index (χ0v) is 15.4. The van der Waals surface area contributed by atoms with Gasteiger partial charge in [0.1, 0.15) is 6.54 Å². The molecule has 7 heteroatoms. The van der Waals surface area contributed by atoms with Gasteiger partial charge in [-0.3, -0.25) is 14.3 Å². The van der Waals surface area contributed by atoms with Crippen LogP contribution in [0.1, 0.15) is 44.1 Å². The van der Waals surface area contributed by atoms with Gasteiger partial charge < -0.3 is 9.80 Å². The summed E-state index contributed by atoms with van der Waals surface area (Å²) in [7, 11) is 0. The monoisotopic (exact) mass is 362 g/mol. The third-order valence-electron chi connectivity index (χ3n) is 6.43. The van der Waals surface area contributed by atoms with Crippen molar-refractivity contribution >= 4 is 11.8 Å². The van der Waals surface area contributed by atoms with E-state index in [2.05, 4.69) is 5.10 Å². The fourth-order valence-electron chi connectivity index (χ4n) is 4.73. The summed E-state index contributed by atoms with van der Waals surface area (Å²) >= 11 is 0. The van der Waals surface area contributed by atoms with E-state index in [4.69, 9.17) is 0 Å². The minimum absolute atomic E-state index is 0.00895. The number of rotatable bonds is 3. The normalized spacial score (nSPS) is 27.6. The van der Waals surface area contributed by atoms with Gasteiger partial charge in [-0.25, -0.2) is 4.39 Å². The van der Waals surface area contributed by atoms with Crippen molar-refractivity contribution in [1.82, 2.24) is 19.6 Å². The number of carbonyl (C=O) groups is 2. The SMILES string of the molecule is Cc1cnn(CC(=O)N2CCN(C(=O)C3(F)CC34CCCCC4)CC2)c1. The highest BCUT2D eigenvalue weighted by Gasteiger charge is 2.73. The van der Waals surface area contributed by atoms with Crippen LogP contribution in [-0.2, 0) is 16.1 Å². The average molecular weight is 362 g/mol. The van der Waals surface area contributed by atoms with E-state index in [1.165, 1.54) is 0 Å². The summed E-state index contributed by atoms with van der Waals surface area (Å²) in [6.45, 7) is 3.91. The number of aryl methyl sites for hydroxylation is 1. The number of amides is 2. The maximum Gasteiger partial charge on any atom is 0.260 e. The topological polar surface area (TPSA) is 58.4 Å². The highest BCUT2D eigenvalue weighted by molar-refractivity contribution is 5.90. The summed E-state index contributed by atoms with van der Waals surface area (Å²) in [5.74, 6) is -0.348. The molecule has 1 spiro atoms. The Morgan fingerprint density at radius 2 is 1.77 bits per heavy atom. The predicted molar refractivity (Wildman–Crippen MR) is 94.1 cm³/mol. The third kappa shape index (κ3) is 2.91. The molecule has 26 heavy (non-hydrogen) atoms. The van der Waals surface area contributed by atoms with E-state index < -0.39 is 5.67 Å². The van der Waals surface area contributed by atoms with Crippen LogP contribution in [0.25, 0.3) is 0 Å². The van der Waals surface area contributed by atoms with Crippen molar-refractivity contribution in [2.75, 3.05) is 26.2 Å². The molecular weight excluding hydrogens is 335 g/mol. The molecule has 1 aromatic rings. The Labute approximate surface area is 153 Å². The smallest absolute Gasteiger partial charge is 0.260 e. The number of piperazine rings is 1. The molecule has 0 aromatic carbocycles. The second kappa shape index (κ2) is 6.35. The van der Waals surface area contributed by atoms with Crippen LogP contribution in [-0.4, -0.2) is 63.2 Å². The number of hydrogen-bond donors (Lipinski definition) is 0. The molecule has 0 N–H and O–H groups in total. The van der Waals surface area contributed by atoms with Crippen LogP contribution in [0.2, 0.25) is 0 Å². The number of alkyl halides is 1. The van der Waals surface area contributed by atoms with Gasteiger partial charge in [-0.15, -0.1) is 0 Å². The lowest BCUT2D eigenvalue weighted by Gasteiger charge is -2.36. The summed E-state index contributed by atoms with van der Waals surface area (Å²) in [5.41, 5.74) is -1.01. The molecule has 1 saturated heterocycles. The molecule has 2 amide bonds. The van der Waals surface area contributed by atoms with E-state index in [0.29, 0.717) is 32.6 Å². The van der Waals surface area contributed by atoms with E-state index in [-0.39, 0.29) is 23.8 Å². The minimum atomic E-state index is -1.65. The zero-order valence-electron chi connectivity index (χ0n) is 15.4. The van der Waals surface area contributed by atoms with Gasteiger partial charge in [-0.1, -0.05) is 19.3 Å². The van der Waals surface area contributed by atoms with Gasteiger partial charge in [0.15, 0.2) is 5.67 Å². The molecule has 1 aliphatic heterocycles. The fraction of sp³-hybridized carbons (Fsp3) is 0.737. The van der Waals surface area contributed by atoms with Crippen molar-refractivity contribution < 1.29 is 14.0 Å². The molecule has 2 saturated carbocycles. The van der Waals surface area contributed by atoms with E-state index in [9.17, 15) is 9.59 Å². The molecule has 6 nitrogen and oxygen atoms in total. The molecule has 0 bridgehead atoms. The predicted octanol–water partition coefficient (Wildman–Crippen LogP) is 1.92. The Bertz CT molecular complexity index is 704. The summed E-state index contributed by atoms with van der Waals surface area (Å²) in [5, 5.41) is 4.14. The molecule has 4 rings (SSSR count). The Balaban J connectivity index is 1.31. The van der Waals surface area contributed by atoms with Crippen molar-refractivity contribution in [3.8, 4) is 0 Å². The van der Waals surface area contributed by atoms with Gasteiger partial charge >= 0.3 is 0 Å². The van der Waals surface area contributed by atoms with Crippen LogP contribution in [0, 0.1) is 12.3 Å². The minimum Gasteiger partial charge on any atom is -0.338 e. The van der Waals surface area contributed by atoms with E-state index in [0.717, 1.165) is 37.7 Å². The van der Waals surface area contributed by atoms with E-state index in [1.54, 1.807) is 20.7 Å². The van der Waals surface area contributed by atoms with Crippen molar-refractivity contribution in [3.63, 3.8) is 0 Å². The summed E-state index contributed by atoms with van der Waals surface area (Å²) in [6, 6.07) is 0. The van der Waals surface area contributed by atoms with Crippen molar-refractivity contribution in [2.45, 2.75) is 57.7 Å². The van der Waals surface area contributed by atoms with Gasteiger partial charge in [0, 0.05) is 44.2 Å². The van der Waals surface area contributed by atoms with Crippen molar-refractivity contribution in [2.24, 2.45) is 5.41 Å². The first-order valence-electron chi connectivity index (χ1n) is 9.69. The van der Waals surface area contributed by atoms with Crippen molar-refractivity contribution in [1.29, 1.82) is 0 Å². The summed E-state index contributed by atoms with van der Waals surface area (Å²) in [6.07, 6.45) is 8.87. The Morgan fingerprint density at radius 3 is 2.38 bits per heavy atom. The maximum absolute atomic E-state index is 15.3. The molecule has 0 radical (unpaired) electrons. The van der Waals surface area contributed by atoms with Gasteiger partial charge in [0.2, 0.25) is 5.91 Å². The number of nitrogens with zero attached hydrogens (tertiary/aromatic N) is 4. The lowest BCUT2D eigenvalue weighted by Crippen LogP contribution is -2.54. The van der Waals surface area contributed by atoms with Crippen LogP contribution in [0.15, 0.2) is 12.4 Å². The molecule has 3 fully saturated rings. The quantitative estimate of drug-likeness (QED) is 0.826. The van der Waals surface area contributed by atoms with Crippen LogP contribution in [0.5, 0.6) is 0 Å². The summed E-state index contributed by atoms with van der Waals surface area (Å²) in [4.78, 5) is 28.5. The molecule has 2 heterocycles. The van der Waals surface area contributed by atoms with Crippen LogP contribution < -0.4 is 0 Å². The van der Waals surface area contributed by atoms with Gasteiger partial charge in [0.25, 0.3) is 5.91 Å². The highest BCUT2D eigenvalue weighted by Crippen LogP contribution is 2.67. The maximum atomic E-state index is 15.3. The Hall–Kier alpha value is -1.92. The van der Waals surface area contributed by atoms with Crippen molar-refractivity contribution in [3.05, 3.63) is 18.0 Å². The number of aromatic nitrogens is 2.